The van der Waals surface area contributed by atoms with Crippen LogP contribution in [-0.2, 0) is 16.1 Å². The monoisotopic (exact) mass is 397 g/mol. The number of ether oxygens (including phenoxy) is 1. The number of hydrazine groups is 1. The molecule has 0 N–H and O–H groups in total. The Hall–Kier alpha value is -3.04. The van der Waals surface area contributed by atoms with Gasteiger partial charge in [0, 0.05) is 24.4 Å². The van der Waals surface area contributed by atoms with Crippen molar-refractivity contribution >= 4 is 23.4 Å². The second-order valence-electron chi connectivity index (χ2n) is 6.19. The van der Waals surface area contributed by atoms with Crippen LogP contribution in [0.1, 0.15) is 36.6 Å². The fourth-order valence-electron chi connectivity index (χ4n) is 3.15. The molecule has 2 amide bonds. The van der Waals surface area contributed by atoms with Gasteiger partial charge in [-0.05, 0) is 38.1 Å². The summed E-state index contributed by atoms with van der Waals surface area (Å²) in [6.07, 6.45) is 1.65. The molecule has 0 aliphatic carbocycles. The first-order valence-electron chi connectivity index (χ1n) is 8.85. The number of halogens is 1. The molecule has 1 aliphatic rings. The maximum Gasteiger partial charge on any atom is 0.258 e. The van der Waals surface area contributed by atoms with E-state index in [2.05, 4.69) is 16.8 Å². The number of hydrogen-bond acceptors (Lipinski definition) is 4. The molecule has 0 saturated carbocycles. The van der Waals surface area contributed by atoms with E-state index in [0.717, 1.165) is 0 Å². The van der Waals surface area contributed by atoms with E-state index in [4.69, 9.17) is 16.3 Å². The zero-order valence-corrected chi connectivity index (χ0v) is 16.7. The zero-order chi connectivity index (χ0) is 20.3. The topological polar surface area (TPSA) is 62.7 Å². The van der Waals surface area contributed by atoms with Gasteiger partial charge in [-0.3, -0.25) is 19.6 Å². The third-order valence-corrected chi connectivity index (χ3v) is 4.73. The minimum Gasteiger partial charge on any atom is -0.493 e. The van der Waals surface area contributed by atoms with Crippen molar-refractivity contribution in [2.24, 2.45) is 0 Å². The standard InChI is InChI=1S/C21H20ClN3O3/c1-4-8-14-11-16(22)18(17(12-14)28-5-2)19-20(26)24(3)25(21(19)27)13-15-9-6-7-10-23-15/h6-7,9-12,19H,5,13H2,1-3H3. The van der Waals surface area contributed by atoms with Crippen LogP contribution in [0.15, 0.2) is 36.5 Å². The van der Waals surface area contributed by atoms with E-state index in [-0.39, 0.29) is 23.4 Å². The Labute approximate surface area is 169 Å². The molecule has 1 atom stereocenters. The van der Waals surface area contributed by atoms with Gasteiger partial charge in [0.15, 0.2) is 5.92 Å². The molecule has 7 heteroatoms. The average molecular weight is 398 g/mol. The molecule has 144 valence electrons. The van der Waals surface area contributed by atoms with Crippen molar-refractivity contribution in [3.05, 3.63) is 58.4 Å². The van der Waals surface area contributed by atoms with Crippen LogP contribution in [0.4, 0.5) is 0 Å². The lowest BCUT2D eigenvalue weighted by Gasteiger charge is -2.23. The highest BCUT2D eigenvalue weighted by Gasteiger charge is 2.47. The van der Waals surface area contributed by atoms with Crippen LogP contribution in [0.5, 0.6) is 5.75 Å². The fraction of sp³-hybridized carbons (Fsp3) is 0.286. The smallest absolute Gasteiger partial charge is 0.258 e. The van der Waals surface area contributed by atoms with E-state index in [1.807, 2.05) is 13.0 Å². The van der Waals surface area contributed by atoms with Gasteiger partial charge in [-0.15, -0.1) is 5.92 Å². The summed E-state index contributed by atoms with van der Waals surface area (Å²) in [4.78, 5) is 30.3. The second-order valence-corrected chi connectivity index (χ2v) is 6.60. The Morgan fingerprint density at radius 1 is 1.25 bits per heavy atom. The van der Waals surface area contributed by atoms with Crippen LogP contribution in [0, 0.1) is 11.8 Å². The molecule has 2 aromatic rings. The highest BCUT2D eigenvalue weighted by molar-refractivity contribution is 6.32. The van der Waals surface area contributed by atoms with Gasteiger partial charge in [-0.2, -0.15) is 0 Å². The van der Waals surface area contributed by atoms with Crippen molar-refractivity contribution < 1.29 is 14.3 Å². The average Bonchev–Trinajstić information content (AvgIpc) is 2.87. The maximum absolute atomic E-state index is 13.1. The molecule has 0 bridgehead atoms. The molecule has 1 aliphatic heterocycles. The SMILES string of the molecule is CC#Cc1cc(Cl)c(C2C(=O)N(C)N(Cc3ccccn3)C2=O)c(OCC)c1. The molecule has 1 saturated heterocycles. The minimum atomic E-state index is -1.06. The molecule has 6 nitrogen and oxygen atoms in total. The Bertz CT molecular complexity index is 966. The lowest BCUT2D eigenvalue weighted by Crippen LogP contribution is -2.37. The third kappa shape index (κ3) is 3.67. The van der Waals surface area contributed by atoms with Crippen LogP contribution in [0.25, 0.3) is 0 Å². The molecule has 1 fully saturated rings. The van der Waals surface area contributed by atoms with E-state index in [9.17, 15) is 9.59 Å². The summed E-state index contributed by atoms with van der Waals surface area (Å²) in [6.45, 7) is 4.11. The van der Waals surface area contributed by atoms with Crippen molar-refractivity contribution in [3.8, 4) is 17.6 Å². The summed E-state index contributed by atoms with van der Waals surface area (Å²) in [5, 5.41) is 2.97. The van der Waals surface area contributed by atoms with E-state index in [0.29, 0.717) is 29.2 Å². The van der Waals surface area contributed by atoms with Crippen molar-refractivity contribution in [2.45, 2.75) is 26.3 Å². The van der Waals surface area contributed by atoms with Gasteiger partial charge >= 0.3 is 0 Å². The summed E-state index contributed by atoms with van der Waals surface area (Å²) >= 11 is 6.47. The molecule has 2 heterocycles. The van der Waals surface area contributed by atoms with Crippen LogP contribution >= 0.6 is 11.6 Å². The molecular formula is C21H20ClN3O3. The first-order valence-corrected chi connectivity index (χ1v) is 9.23. The van der Waals surface area contributed by atoms with E-state index in [1.54, 1.807) is 44.4 Å². The minimum absolute atomic E-state index is 0.194. The van der Waals surface area contributed by atoms with E-state index >= 15 is 0 Å². The van der Waals surface area contributed by atoms with Gasteiger partial charge in [-0.25, -0.2) is 5.01 Å². The van der Waals surface area contributed by atoms with Gasteiger partial charge < -0.3 is 4.74 Å². The number of pyridine rings is 1. The van der Waals surface area contributed by atoms with Crippen molar-refractivity contribution in [3.63, 3.8) is 0 Å². The van der Waals surface area contributed by atoms with Crippen LogP contribution in [0.2, 0.25) is 5.02 Å². The molecule has 1 unspecified atom stereocenters. The number of amides is 2. The predicted molar refractivity (Wildman–Crippen MR) is 105 cm³/mol. The number of carbonyl (C=O) groups excluding carboxylic acids is 2. The molecule has 28 heavy (non-hydrogen) atoms. The van der Waals surface area contributed by atoms with Gasteiger partial charge in [0.05, 0.1) is 23.9 Å². The number of nitrogens with zero attached hydrogens (tertiary/aromatic N) is 3. The number of aromatic nitrogens is 1. The van der Waals surface area contributed by atoms with Crippen LogP contribution in [0.3, 0.4) is 0 Å². The highest BCUT2D eigenvalue weighted by atomic mass is 35.5. The van der Waals surface area contributed by atoms with Crippen LogP contribution in [-0.4, -0.2) is 40.5 Å². The van der Waals surface area contributed by atoms with Gasteiger partial charge in [0.25, 0.3) is 11.8 Å². The molecule has 0 radical (unpaired) electrons. The third-order valence-electron chi connectivity index (χ3n) is 4.42. The zero-order valence-electron chi connectivity index (χ0n) is 15.9. The number of likely N-dealkylation sites (N-methyl/N-ethyl adjacent to an activating group) is 1. The Balaban J connectivity index is 2.02. The first-order chi connectivity index (χ1) is 13.5. The molecule has 3 rings (SSSR count). The van der Waals surface area contributed by atoms with Gasteiger partial charge in [0.2, 0.25) is 0 Å². The molecule has 0 spiro atoms. The van der Waals surface area contributed by atoms with E-state index < -0.39 is 5.92 Å². The summed E-state index contributed by atoms with van der Waals surface area (Å²) < 4.78 is 5.70. The van der Waals surface area contributed by atoms with E-state index in [1.165, 1.54) is 10.0 Å². The Kier molecular flexibility index (Phi) is 5.86. The molecule has 1 aromatic carbocycles. The maximum atomic E-state index is 13.1. The highest BCUT2D eigenvalue weighted by Crippen LogP contribution is 2.40. The summed E-state index contributed by atoms with van der Waals surface area (Å²) in [5.74, 6) is 4.34. The first kappa shape index (κ1) is 19.7. The second kappa shape index (κ2) is 8.32. The number of benzene rings is 1. The lowest BCUT2D eigenvalue weighted by atomic mass is 9.95. The van der Waals surface area contributed by atoms with Gasteiger partial charge in [-0.1, -0.05) is 23.6 Å². The normalized spacial score (nSPS) is 16.2. The summed E-state index contributed by atoms with van der Waals surface area (Å²) in [5.41, 5.74) is 1.72. The lowest BCUT2D eigenvalue weighted by molar-refractivity contribution is -0.145. The summed E-state index contributed by atoms with van der Waals surface area (Å²) in [6, 6.07) is 8.79. The van der Waals surface area contributed by atoms with Gasteiger partial charge in [0.1, 0.15) is 5.75 Å². The van der Waals surface area contributed by atoms with Crippen molar-refractivity contribution in [2.75, 3.05) is 13.7 Å². The number of hydrogen-bond donors (Lipinski definition) is 0. The quantitative estimate of drug-likeness (QED) is 0.574. The molecular weight excluding hydrogens is 378 g/mol. The molecule has 1 aromatic heterocycles. The fourth-order valence-corrected chi connectivity index (χ4v) is 3.47. The van der Waals surface area contributed by atoms with Crippen molar-refractivity contribution in [1.29, 1.82) is 0 Å². The predicted octanol–water partition coefficient (Wildman–Crippen LogP) is 3.00. The van der Waals surface area contributed by atoms with Crippen LogP contribution < -0.4 is 4.74 Å². The number of carbonyl (C=O) groups is 2. The number of rotatable bonds is 5. The van der Waals surface area contributed by atoms with Crippen molar-refractivity contribution in [1.82, 2.24) is 15.0 Å². The Morgan fingerprint density at radius 3 is 2.68 bits per heavy atom. The Morgan fingerprint density at radius 2 is 2.04 bits per heavy atom. The largest absolute Gasteiger partial charge is 0.493 e. The summed E-state index contributed by atoms with van der Waals surface area (Å²) in [7, 11) is 1.56.